The monoisotopic (exact) mass is 481 g/mol. The molecule has 0 aliphatic carbocycles. The van der Waals surface area contributed by atoms with Crippen LogP contribution in [0.15, 0.2) is 17.1 Å². The Morgan fingerprint density at radius 3 is 1.66 bits per heavy atom. The normalized spacial score (nSPS) is 12.4. The van der Waals surface area contributed by atoms with E-state index in [1.807, 2.05) is 0 Å². The summed E-state index contributed by atoms with van der Waals surface area (Å²) in [6.07, 6.45) is 27.0. The molecule has 0 saturated carbocycles. The fourth-order valence-electron chi connectivity index (χ4n) is 3.58. The topological polar surface area (TPSA) is 89.8 Å². The summed E-state index contributed by atoms with van der Waals surface area (Å²) in [5.74, 6) is -0.493. The van der Waals surface area contributed by atoms with E-state index in [1.165, 1.54) is 89.9 Å². The van der Waals surface area contributed by atoms with Crippen molar-refractivity contribution in [1.82, 2.24) is 0 Å². The Kier molecular flexibility index (Phi) is 27.6. The zero-order chi connectivity index (χ0) is 23.0. The summed E-state index contributed by atoms with van der Waals surface area (Å²) in [5, 5.41) is 11.6. The van der Waals surface area contributed by atoms with Crippen LogP contribution >= 0.6 is 0 Å². The van der Waals surface area contributed by atoms with Crippen LogP contribution in [0.1, 0.15) is 129 Å². The van der Waals surface area contributed by atoms with Crippen molar-refractivity contribution >= 4 is 16.0 Å². The molecule has 0 aromatic heterocycles. The second kappa shape index (κ2) is 25.7. The maximum absolute atomic E-state index is 11.6. The van der Waals surface area contributed by atoms with Gasteiger partial charge in [-0.3, -0.25) is 4.55 Å². The van der Waals surface area contributed by atoms with Crippen LogP contribution in [0, 0.1) is 0 Å². The molecule has 0 fully saturated rings. The van der Waals surface area contributed by atoms with Gasteiger partial charge in [-0.1, -0.05) is 96.1 Å². The summed E-state index contributed by atoms with van der Waals surface area (Å²) in [4.78, 5) is 3.82. The predicted molar refractivity (Wildman–Crippen MR) is 131 cm³/mol. The Morgan fingerprint density at radius 2 is 1.19 bits per heavy atom. The van der Waals surface area contributed by atoms with Gasteiger partial charge in [0.15, 0.2) is 0 Å². The van der Waals surface area contributed by atoms with E-state index in [2.05, 4.69) is 24.1 Å². The van der Waals surface area contributed by atoms with Gasteiger partial charge in [0.05, 0.1) is 5.75 Å². The van der Waals surface area contributed by atoms with Crippen molar-refractivity contribution in [2.45, 2.75) is 129 Å². The molecule has 0 aromatic rings. The maximum atomic E-state index is 11.6. The second-order valence-electron chi connectivity index (χ2n) is 8.66. The van der Waals surface area contributed by atoms with Crippen LogP contribution < -0.4 is 34.7 Å². The van der Waals surface area contributed by atoms with E-state index in [0.717, 1.165) is 19.3 Å². The van der Waals surface area contributed by atoms with Gasteiger partial charge < -0.3 is 10.1 Å². The third-order valence-corrected chi connectivity index (χ3v) is 6.31. The molecule has 0 atom stereocenters. The standard InChI is InChI=1S/C25H49NO4S.Na/c1-2-3-4-5-6-7-8-9-10-11-12-13-14-15-16-17-18-19-20-22-25(27)26-23-21-24-31(28,29)30;/h11-12H,2-10,13-24H2,1H3,(H,26,27)(H,28,29,30);/q;+1/p-1/b12-11+;. The Bertz CT molecular complexity index is 550. The number of aliphatic imine (C=N–C) groups is 1. The van der Waals surface area contributed by atoms with Gasteiger partial charge in [-0.15, -0.1) is 0 Å². The van der Waals surface area contributed by atoms with Crippen molar-refractivity contribution in [3.8, 4) is 0 Å². The molecule has 1 N–H and O–H groups in total. The van der Waals surface area contributed by atoms with Crippen LogP contribution in [0.3, 0.4) is 0 Å². The van der Waals surface area contributed by atoms with E-state index in [1.54, 1.807) is 0 Å². The number of hydrogen-bond acceptors (Lipinski definition) is 4. The van der Waals surface area contributed by atoms with Crippen LogP contribution in [-0.2, 0) is 10.1 Å². The largest absolute Gasteiger partial charge is 1.00 e. The summed E-state index contributed by atoms with van der Waals surface area (Å²) < 4.78 is 29.7. The third kappa shape index (κ3) is 30.1. The van der Waals surface area contributed by atoms with Gasteiger partial charge in [0.1, 0.15) is 0 Å². The van der Waals surface area contributed by atoms with E-state index in [4.69, 9.17) is 4.55 Å². The van der Waals surface area contributed by atoms with Crippen LogP contribution in [-0.4, -0.2) is 31.2 Å². The second-order valence-corrected chi connectivity index (χ2v) is 10.2. The molecule has 0 unspecified atom stereocenters. The molecule has 5 nitrogen and oxygen atoms in total. The molecule has 0 heterocycles. The van der Waals surface area contributed by atoms with Gasteiger partial charge in [-0.2, -0.15) is 8.42 Å². The molecule has 7 heteroatoms. The van der Waals surface area contributed by atoms with Gasteiger partial charge in [0, 0.05) is 6.54 Å². The minimum Gasteiger partial charge on any atom is -0.862 e. The average Bonchev–Trinajstić information content (AvgIpc) is 2.72. The van der Waals surface area contributed by atoms with Gasteiger partial charge in [0.2, 0.25) is 0 Å². The maximum Gasteiger partial charge on any atom is 1.00 e. The molecular weight excluding hydrogens is 433 g/mol. The third-order valence-electron chi connectivity index (χ3n) is 5.50. The van der Waals surface area contributed by atoms with E-state index in [0.29, 0.717) is 6.42 Å². The number of rotatable bonds is 23. The van der Waals surface area contributed by atoms with E-state index < -0.39 is 10.1 Å². The Balaban J connectivity index is 0. The Hall–Kier alpha value is 0.120. The number of unbranched alkanes of at least 4 members (excludes halogenated alkanes) is 15. The van der Waals surface area contributed by atoms with E-state index >= 15 is 0 Å². The molecule has 0 bridgehead atoms. The fraction of sp³-hybridized carbons (Fsp3) is 0.880. The molecule has 0 aromatic carbocycles. The van der Waals surface area contributed by atoms with Gasteiger partial charge in [0.25, 0.3) is 10.1 Å². The molecule has 32 heavy (non-hydrogen) atoms. The molecule has 184 valence electrons. The molecule has 0 amide bonds. The smallest absolute Gasteiger partial charge is 0.862 e. The molecule has 0 spiro atoms. The predicted octanol–water partition coefficient (Wildman–Crippen LogP) is 3.63. The minimum absolute atomic E-state index is 0. The SMILES string of the molecule is CCCCCCCCCC/C=C/CCCCCCCCCC([O-])=NCCCS(=O)(=O)O.[Na+]. The molecule has 0 rings (SSSR count). The van der Waals surface area contributed by atoms with Crippen LogP contribution in [0.2, 0.25) is 0 Å². The number of hydrogen-bond donors (Lipinski definition) is 1. The summed E-state index contributed by atoms with van der Waals surface area (Å²) in [5.41, 5.74) is 0. The first-order valence-electron chi connectivity index (χ1n) is 12.8. The van der Waals surface area contributed by atoms with E-state index in [-0.39, 0.29) is 54.2 Å². The first-order chi connectivity index (χ1) is 15.0. The molecule has 0 aliphatic heterocycles. The Morgan fingerprint density at radius 1 is 0.750 bits per heavy atom. The molecule has 0 radical (unpaired) electrons. The van der Waals surface area contributed by atoms with Crippen molar-refractivity contribution in [3.05, 3.63) is 12.2 Å². The van der Waals surface area contributed by atoms with Crippen molar-refractivity contribution in [3.63, 3.8) is 0 Å². The van der Waals surface area contributed by atoms with Crippen molar-refractivity contribution < 1.29 is 47.6 Å². The van der Waals surface area contributed by atoms with Crippen molar-refractivity contribution in [2.75, 3.05) is 12.3 Å². The molecule has 0 aliphatic rings. The zero-order valence-electron chi connectivity index (χ0n) is 21.0. The first-order valence-corrected chi connectivity index (χ1v) is 14.4. The average molecular weight is 482 g/mol. The van der Waals surface area contributed by atoms with E-state index in [9.17, 15) is 13.5 Å². The molecular formula is C25H48NNaO4S. The van der Waals surface area contributed by atoms with Gasteiger partial charge in [-0.05, 0) is 50.8 Å². The van der Waals surface area contributed by atoms with Gasteiger partial charge in [-0.25, -0.2) is 0 Å². The first kappa shape index (κ1) is 34.3. The van der Waals surface area contributed by atoms with Crippen LogP contribution in [0.5, 0.6) is 0 Å². The van der Waals surface area contributed by atoms with Crippen LogP contribution in [0.4, 0.5) is 0 Å². The van der Waals surface area contributed by atoms with Crippen molar-refractivity contribution in [1.29, 1.82) is 0 Å². The zero-order valence-corrected chi connectivity index (χ0v) is 23.8. The minimum atomic E-state index is -3.94. The Labute approximate surface area is 221 Å². The van der Waals surface area contributed by atoms with Gasteiger partial charge >= 0.3 is 29.6 Å². The van der Waals surface area contributed by atoms with Crippen molar-refractivity contribution in [2.24, 2.45) is 4.99 Å². The summed E-state index contributed by atoms with van der Waals surface area (Å²) >= 11 is 0. The summed E-state index contributed by atoms with van der Waals surface area (Å²) in [6.45, 7) is 2.44. The number of nitrogens with zero attached hydrogens (tertiary/aromatic N) is 1. The molecule has 0 saturated heterocycles. The quantitative estimate of drug-likeness (QED) is 0.0603. The summed E-state index contributed by atoms with van der Waals surface area (Å²) in [6, 6.07) is 0. The number of allylic oxidation sites excluding steroid dienone is 2. The fourth-order valence-corrected chi connectivity index (χ4v) is 4.08. The van der Waals surface area contributed by atoms with Crippen LogP contribution in [0.25, 0.3) is 0 Å². The summed E-state index contributed by atoms with van der Waals surface area (Å²) in [7, 11) is -3.94.